The first-order valence-corrected chi connectivity index (χ1v) is 10.8. The maximum Gasteiger partial charge on any atom is 0.241 e. The number of halogens is 1. The summed E-state index contributed by atoms with van der Waals surface area (Å²) in [5, 5.41) is 3.67. The monoisotopic (exact) mass is 417 g/mol. The number of rotatable bonds is 6. The van der Waals surface area contributed by atoms with Crippen LogP contribution in [0, 0.1) is 6.92 Å². The number of hydrogen-bond donors (Lipinski definition) is 1. The molecule has 7 heteroatoms. The van der Waals surface area contributed by atoms with E-state index in [4.69, 9.17) is 11.6 Å². The van der Waals surface area contributed by atoms with E-state index in [0.29, 0.717) is 11.1 Å². The predicted octanol–water partition coefficient (Wildman–Crippen LogP) is 3.96. The minimum Gasteiger partial charge on any atom is -0.331 e. The van der Waals surface area contributed by atoms with Gasteiger partial charge in [-0.1, -0.05) is 17.7 Å². The van der Waals surface area contributed by atoms with Gasteiger partial charge in [-0.15, -0.1) is 0 Å². The van der Waals surface area contributed by atoms with Gasteiger partial charge in [-0.3, -0.25) is 14.6 Å². The number of aryl methyl sites for hydroxylation is 1. The van der Waals surface area contributed by atoms with Crippen molar-refractivity contribution in [3.05, 3.63) is 47.0 Å². The van der Waals surface area contributed by atoms with Gasteiger partial charge in [-0.05, 0) is 58.4 Å². The van der Waals surface area contributed by atoms with Gasteiger partial charge in [-0.25, -0.2) is 4.98 Å². The van der Waals surface area contributed by atoms with Crippen LogP contribution in [0.1, 0.15) is 44.6 Å². The number of carbonyl (C=O) groups excluding carboxylic acids is 1. The van der Waals surface area contributed by atoms with Gasteiger partial charge >= 0.3 is 0 Å². The van der Waals surface area contributed by atoms with E-state index in [1.807, 2.05) is 44.4 Å². The fraction of sp³-hybridized carbons (Fsp3) is 0.545. The molecular formula is C22H32ClN5O. The largest absolute Gasteiger partial charge is 0.331 e. The summed E-state index contributed by atoms with van der Waals surface area (Å²) in [6, 6.07) is 5.79. The van der Waals surface area contributed by atoms with Gasteiger partial charge in [0.1, 0.15) is 5.82 Å². The van der Waals surface area contributed by atoms with Crippen LogP contribution in [0.2, 0.25) is 5.02 Å². The van der Waals surface area contributed by atoms with Crippen LogP contribution in [-0.4, -0.2) is 57.5 Å². The van der Waals surface area contributed by atoms with E-state index in [1.165, 1.54) is 0 Å². The second-order valence-electron chi connectivity index (χ2n) is 8.13. The first-order valence-electron chi connectivity index (χ1n) is 10.4. The lowest BCUT2D eigenvalue weighted by atomic mass is 10.2. The smallest absolute Gasteiger partial charge is 0.241 e. The molecule has 158 valence electrons. The Balaban J connectivity index is 1.57. The Kier molecular flexibility index (Phi) is 7.33. The number of imidazole rings is 1. The van der Waals surface area contributed by atoms with Crippen molar-refractivity contribution in [1.29, 1.82) is 0 Å². The molecule has 0 radical (unpaired) electrons. The summed E-state index contributed by atoms with van der Waals surface area (Å²) >= 11 is 6.08. The van der Waals surface area contributed by atoms with Crippen molar-refractivity contribution >= 4 is 23.2 Å². The van der Waals surface area contributed by atoms with Gasteiger partial charge in [0.05, 0.1) is 12.6 Å². The summed E-state index contributed by atoms with van der Waals surface area (Å²) in [5.74, 6) is 1.12. The summed E-state index contributed by atoms with van der Waals surface area (Å²) in [6.45, 7) is 12.9. The molecule has 1 aliphatic rings. The van der Waals surface area contributed by atoms with Crippen molar-refractivity contribution in [3.63, 3.8) is 0 Å². The maximum atomic E-state index is 12.8. The maximum absolute atomic E-state index is 12.8. The van der Waals surface area contributed by atoms with Gasteiger partial charge in [0, 0.05) is 48.8 Å². The van der Waals surface area contributed by atoms with Gasteiger partial charge < -0.3 is 9.88 Å². The Hall–Kier alpha value is -1.89. The fourth-order valence-corrected chi connectivity index (χ4v) is 3.98. The van der Waals surface area contributed by atoms with Gasteiger partial charge in [-0.2, -0.15) is 0 Å². The number of benzene rings is 1. The Morgan fingerprint density at radius 2 is 2.00 bits per heavy atom. The number of nitrogens with one attached hydrogen (secondary N) is 1. The zero-order valence-corrected chi connectivity index (χ0v) is 18.6. The van der Waals surface area contributed by atoms with E-state index >= 15 is 0 Å². The van der Waals surface area contributed by atoms with Gasteiger partial charge in [0.2, 0.25) is 5.91 Å². The lowest BCUT2D eigenvalue weighted by molar-refractivity contribution is -0.120. The molecule has 3 rings (SSSR count). The first-order chi connectivity index (χ1) is 13.8. The first kappa shape index (κ1) is 21.8. The molecular weight excluding hydrogens is 386 g/mol. The van der Waals surface area contributed by atoms with Crippen LogP contribution in [0.15, 0.2) is 30.6 Å². The molecule has 1 saturated heterocycles. The van der Waals surface area contributed by atoms with Crippen molar-refractivity contribution in [1.82, 2.24) is 19.4 Å². The molecule has 0 bridgehead atoms. The third kappa shape index (κ3) is 5.59. The molecule has 0 saturated carbocycles. The van der Waals surface area contributed by atoms with Crippen molar-refractivity contribution in [2.45, 2.75) is 52.7 Å². The Morgan fingerprint density at radius 3 is 2.76 bits per heavy atom. The Bertz CT molecular complexity index is 834. The number of anilines is 1. The molecule has 0 spiro atoms. The fourth-order valence-electron chi connectivity index (χ4n) is 3.80. The zero-order valence-electron chi connectivity index (χ0n) is 17.9. The molecule has 1 fully saturated rings. The van der Waals surface area contributed by atoms with E-state index in [-0.39, 0.29) is 11.9 Å². The number of nitrogens with zero attached hydrogens (tertiary/aromatic N) is 4. The SMILES string of the molecule is Cc1ccc(Cl)cc1NC(=O)C(C)N1CCCN(Cc2nccn2C(C)C)CC1. The molecule has 2 heterocycles. The van der Waals surface area contributed by atoms with E-state index in [2.05, 4.69) is 38.5 Å². The topological polar surface area (TPSA) is 53.4 Å². The third-order valence-corrected chi connectivity index (χ3v) is 5.91. The van der Waals surface area contributed by atoms with Crippen LogP contribution in [0.5, 0.6) is 0 Å². The second-order valence-corrected chi connectivity index (χ2v) is 8.57. The molecule has 1 aromatic carbocycles. The molecule has 0 aliphatic carbocycles. The van der Waals surface area contributed by atoms with E-state index in [1.54, 1.807) is 0 Å². The van der Waals surface area contributed by atoms with Crippen LogP contribution in [0.25, 0.3) is 0 Å². The predicted molar refractivity (Wildman–Crippen MR) is 118 cm³/mol. The lowest BCUT2D eigenvalue weighted by Crippen LogP contribution is -2.44. The average Bonchev–Trinajstić information content (AvgIpc) is 3.02. The number of aromatic nitrogens is 2. The van der Waals surface area contributed by atoms with Crippen molar-refractivity contribution < 1.29 is 4.79 Å². The summed E-state index contributed by atoms with van der Waals surface area (Å²) < 4.78 is 2.23. The summed E-state index contributed by atoms with van der Waals surface area (Å²) in [4.78, 5) is 22.1. The minimum atomic E-state index is -0.189. The highest BCUT2D eigenvalue weighted by Gasteiger charge is 2.25. The van der Waals surface area contributed by atoms with Gasteiger partial charge in [0.15, 0.2) is 0 Å². The lowest BCUT2D eigenvalue weighted by Gasteiger charge is -2.27. The van der Waals surface area contributed by atoms with Crippen LogP contribution in [0.4, 0.5) is 5.69 Å². The summed E-state index contributed by atoms with van der Waals surface area (Å²) in [5.41, 5.74) is 1.80. The summed E-state index contributed by atoms with van der Waals surface area (Å²) in [7, 11) is 0. The van der Waals surface area contributed by atoms with Gasteiger partial charge in [0.25, 0.3) is 0 Å². The summed E-state index contributed by atoms with van der Waals surface area (Å²) in [6.07, 6.45) is 4.97. The Labute approximate surface area is 178 Å². The van der Waals surface area contributed by atoms with Crippen LogP contribution in [-0.2, 0) is 11.3 Å². The average molecular weight is 418 g/mol. The number of amides is 1. The molecule has 6 nitrogen and oxygen atoms in total. The zero-order chi connectivity index (χ0) is 21.0. The standard InChI is InChI=1S/C22H32ClN5O/c1-16(2)28-11-8-24-21(28)15-26-9-5-10-27(13-12-26)18(4)22(29)25-20-14-19(23)7-6-17(20)3/h6-8,11,14,16,18H,5,9-10,12-13,15H2,1-4H3,(H,25,29). The molecule has 1 N–H and O–H groups in total. The molecule has 29 heavy (non-hydrogen) atoms. The highest BCUT2D eigenvalue weighted by atomic mass is 35.5. The van der Waals surface area contributed by atoms with E-state index in [0.717, 1.165) is 56.2 Å². The van der Waals surface area contributed by atoms with Crippen LogP contribution >= 0.6 is 11.6 Å². The van der Waals surface area contributed by atoms with Crippen molar-refractivity contribution in [3.8, 4) is 0 Å². The normalized spacial score (nSPS) is 17.3. The molecule has 1 unspecified atom stereocenters. The molecule has 2 aromatic rings. The molecule has 1 aliphatic heterocycles. The second kappa shape index (κ2) is 9.74. The van der Waals surface area contributed by atoms with Crippen LogP contribution < -0.4 is 5.32 Å². The number of hydrogen-bond acceptors (Lipinski definition) is 4. The molecule has 1 amide bonds. The van der Waals surface area contributed by atoms with E-state index in [9.17, 15) is 4.79 Å². The van der Waals surface area contributed by atoms with Crippen molar-refractivity contribution in [2.24, 2.45) is 0 Å². The highest BCUT2D eigenvalue weighted by molar-refractivity contribution is 6.31. The van der Waals surface area contributed by atoms with Crippen molar-refractivity contribution in [2.75, 3.05) is 31.5 Å². The molecule has 1 atom stereocenters. The highest BCUT2D eigenvalue weighted by Crippen LogP contribution is 2.21. The molecule has 1 aromatic heterocycles. The van der Waals surface area contributed by atoms with E-state index < -0.39 is 0 Å². The third-order valence-electron chi connectivity index (χ3n) is 5.68. The number of carbonyl (C=O) groups is 1. The minimum absolute atomic E-state index is 0.0131. The quantitative estimate of drug-likeness (QED) is 0.772. The Morgan fingerprint density at radius 1 is 1.21 bits per heavy atom. The van der Waals surface area contributed by atoms with Crippen LogP contribution in [0.3, 0.4) is 0 Å².